The molecule has 0 atom stereocenters. The van der Waals surface area contributed by atoms with Crippen LogP contribution in [0.2, 0.25) is 0 Å². The molecule has 0 radical (unpaired) electrons. The van der Waals surface area contributed by atoms with Crippen molar-refractivity contribution in [1.82, 2.24) is 10.3 Å². The van der Waals surface area contributed by atoms with Crippen LogP contribution >= 0.6 is 22.7 Å². The minimum Gasteiger partial charge on any atom is -0.395 e. The van der Waals surface area contributed by atoms with Crippen molar-refractivity contribution in [3.63, 3.8) is 0 Å². The molecule has 2 heterocycles. The molecule has 0 aromatic carbocycles. The fraction of sp³-hybridized carbons (Fsp3) is 0.286. The SMILES string of the molecule is Cc1ncc(C(=O)NCc2cc(C#CCCO)cs2)s1. The summed E-state index contributed by atoms with van der Waals surface area (Å²) in [6.45, 7) is 2.44. The molecule has 2 rings (SSSR count). The monoisotopic (exact) mass is 306 g/mol. The van der Waals surface area contributed by atoms with Crippen LogP contribution in [0.3, 0.4) is 0 Å². The number of thiophene rings is 1. The molecule has 20 heavy (non-hydrogen) atoms. The summed E-state index contributed by atoms with van der Waals surface area (Å²) >= 11 is 2.94. The second-order valence-corrected chi connectivity index (χ2v) is 6.23. The van der Waals surface area contributed by atoms with E-state index in [4.69, 9.17) is 5.11 Å². The van der Waals surface area contributed by atoms with Gasteiger partial charge in [-0.15, -0.1) is 22.7 Å². The van der Waals surface area contributed by atoms with Crippen molar-refractivity contribution in [2.75, 3.05) is 6.61 Å². The average molecular weight is 306 g/mol. The second-order valence-electron chi connectivity index (χ2n) is 4.00. The third-order valence-electron chi connectivity index (χ3n) is 2.39. The molecule has 2 aromatic heterocycles. The summed E-state index contributed by atoms with van der Waals surface area (Å²) in [4.78, 5) is 17.6. The number of aliphatic hydroxyl groups is 1. The molecule has 104 valence electrons. The molecule has 6 heteroatoms. The zero-order chi connectivity index (χ0) is 14.4. The number of hydrogen-bond acceptors (Lipinski definition) is 5. The van der Waals surface area contributed by atoms with Crippen LogP contribution < -0.4 is 5.32 Å². The Labute approximate surface area is 125 Å². The van der Waals surface area contributed by atoms with E-state index in [1.807, 2.05) is 18.4 Å². The molecule has 1 amide bonds. The Balaban J connectivity index is 1.88. The lowest BCUT2D eigenvalue weighted by Gasteiger charge is -1.99. The van der Waals surface area contributed by atoms with Gasteiger partial charge in [0.2, 0.25) is 0 Å². The smallest absolute Gasteiger partial charge is 0.263 e. The highest BCUT2D eigenvalue weighted by molar-refractivity contribution is 7.13. The van der Waals surface area contributed by atoms with Crippen LogP contribution in [0.1, 0.15) is 31.5 Å². The number of carbonyl (C=O) groups is 1. The van der Waals surface area contributed by atoms with E-state index >= 15 is 0 Å². The number of rotatable bonds is 4. The van der Waals surface area contributed by atoms with E-state index in [9.17, 15) is 4.79 Å². The van der Waals surface area contributed by atoms with E-state index in [1.165, 1.54) is 11.3 Å². The van der Waals surface area contributed by atoms with Crippen molar-refractivity contribution in [3.05, 3.63) is 38.0 Å². The highest BCUT2D eigenvalue weighted by atomic mass is 32.1. The van der Waals surface area contributed by atoms with Gasteiger partial charge in [-0.3, -0.25) is 4.79 Å². The van der Waals surface area contributed by atoms with E-state index in [0.29, 0.717) is 17.8 Å². The van der Waals surface area contributed by atoms with Gasteiger partial charge >= 0.3 is 0 Å². The number of aromatic nitrogens is 1. The van der Waals surface area contributed by atoms with E-state index in [0.717, 1.165) is 15.4 Å². The number of carbonyl (C=O) groups excluding carboxylic acids is 1. The number of aryl methyl sites for hydroxylation is 1. The number of nitrogens with one attached hydrogen (secondary N) is 1. The Morgan fingerprint density at radius 2 is 2.40 bits per heavy atom. The molecule has 4 nitrogen and oxygen atoms in total. The van der Waals surface area contributed by atoms with Crippen LogP contribution in [0.25, 0.3) is 0 Å². The Morgan fingerprint density at radius 3 is 3.10 bits per heavy atom. The van der Waals surface area contributed by atoms with Crippen molar-refractivity contribution in [1.29, 1.82) is 0 Å². The second kappa shape index (κ2) is 7.20. The summed E-state index contributed by atoms with van der Waals surface area (Å²) in [7, 11) is 0. The van der Waals surface area contributed by atoms with Gasteiger partial charge in [-0.2, -0.15) is 0 Å². The molecule has 0 spiro atoms. The van der Waals surface area contributed by atoms with Crippen molar-refractivity contribution in [3.8, 4) is 11.8 Å². The number of hydrogen-bond donors (Lipinski definition) is 2. The molecule has 0 bridgehead atoms. The molecule has 0 aliphatic heterocycles. The van der Waals surface area contributed by atoms with Gasteiger partial charge in [0.1, 0.15) is 4.88 Å². The molecular weight excluding hydrogens is 292 g/mol. The average Bonchev–Trinajstić information content (AvgIpc) is 3.05. The minimum absolute atomic E-state index is 0.0777. The number of amides is 1. The Bertz CT molecular complexity index is 649. The molecular formula is C14H14N2O2S2. The molecule has 2 aromatic rings. The molecule has 0 saturated heterocycles. The van der Waals surface area contributed by atoms with Crippen LogP contribution in [0.4, 0.5) is 0 Å². The lowest BCUT2D eigenvalue weighted by Crippen LogP contribution is -2.21. The van der Waals surface area contributed by atoms with Crippen LogP contribution in [-0.4, -0.2) is 22.6 Å². The summed E-state index contributed by atoms with van der Waals surface area (Å²) < 4.78 is 0. The van der Waals surface area contributed by atoms with Gasteiger partial charge in [0.05, 0.1) is 24.4 Å². The normalized spacial score (nSPS) is 9.90. The summed E-state index contributed by atoms with van der Waals surface area (Å²) in [5, 5.41) is 14.3. The van der Waals surface area contributed by atoms with Crippen molar-refractivity contribution in [2.24, 2.45) is 0 Å². The molecule has 0 unspecified atom stereocenters. The Hall–Kier alpha value is -1.68. The summed E-state index contributed by atoms with van der Waals surface area (Å²) in [6.07, 6.45) is 2.07. The molecule has 0 fully saturated rings. The van der Waals surface area contributed by atoms with Crippen LogP contribution in [0.5, 0.6) is 0 Å². The van der Waals surface area contributed by atoms with Gasteiger partial charge < -0.3 is 10.4 Å². The fourth-order valence-electron chi connectivity index (χ4n) is 1.48. The van der Waals surface area contributed by atoms with E-state index in [-0.39, 0.29) is 12.5 Å². The number of thiazole rings is 1. The summed E-state index contributed by atoms with van der Waals surface area (Å²) in [6, 6.07) is 1.95. The first-order valence-electron chi connectivity index (χ1n) is 6.07. The van der Waals surface area contributed by atoms with Gasteiger partial charge in [-0.05, 0) is 13.0 Å². The summed E-state index contributed by atoms with van der Waals surface area (Å²) in [5.41, 5.74) is 0.918. The van der Waals surface area contributed by atoms with Gasteiger partial charge in [-0.25, -0.2) is 4.98 Å². The Kier molecular flexibility index (Phi) is 5.30. The van der Waals surface area contributed by atoms with Crippen LogP contribution in [-0.2, 0) is 6.54 Å². The van der Waals surface area contributed by atoms with Gasteiger partial charge in [0.15, 0.2) is 0 Å². The predicted octanol–water partition coefficient (Wildman–Crippen LogP) is 2.18. The molecule has 0 aliphatic rings. The van der Waals surface area contributed by atoms with E-state index in [1.54, 1.807) is 17.5 Å². The largest absolute Gasteiger partial charge is 0.395 e. The zero-order valence-electron chi connectivity index (χ0n) is 11.0. The van der Waals surface area contributed by atoms with Crippen LogP contribution in [0, 0.1) is 18.8 Å². The third-order valence-corrected chi connectivity index (χ3v) is 4.24. The molecule has 0 saturated carbocycles. The number of aliphatic hydroxyl groups excluding tert-OH is 1. The van der Waals surface area contributed by atoms with Gasteiger partial charge in [0, 0.05) is 22.2 Å². The van der Waals surface area contributed by atoms with E-state index in [2.05, 4.69) is 22.1 Å². The number of nitrogens with zero attached hydrogens (tertiary/aromatic N) is 1. The standard InChI is InChI=1S/C14H14N2O2S2/c1-10-15-8-13(20-10)14(18)16-7-12-6-11(9-19-12)4-2-3-5-17/h6,8-9,17H,3,5,7H2,1H3,(H,16,18). The topological polar surface area (TPSA) is 62.2 Å². The highest BCUT2D eigenvalue weighted by Gasteiger charge is 2.08. The molecule has 0 aliphatic carbocycles. The highest BCUT2D eigenvalue weighted by Crippen LogP contribution is 2.15. The molecule has 2 N–H and O–H groups in total. The van der Waals surface area contributed by atoms with Crippen LogP contribution in [0.15, 0.2) is 17.6 Å². The lowest BCUT2D eigenvalue weighted by molar-refractivity contribution is 0.0955. The maximum Gasteiger partial charge on any atom is 0.263 e. The van der Waals surface area contributed by atoms with Gasteiger partial charge in [0.25, 0.3) is 5.91 Å². The first kappa shape index (κ1) is 14.7. The first-order chi connectivity index (χ1) is 9.69. The summed E-state index contributed by atoms with van der Waals surface area (Å²) in [5.74, 6) is 5.74. The first-order valence-corrected chi connectivity index (χ1v) is 7.76. The van der Waals surface area contributed by atoms with E-state index < -0.39 is 0 Å². The van der Waals surface area contributed by atoms with Crippen molar-refractivity contribution >= 4 is 28.6 Å². The maximum absolute atomic E-state index is 11.9. The van der Waals surface area contributed by atoms with Crippen molar-refractivity contribution in [2.45, 2.75) is 19.9 Å². The Morgan fingerprint density at radius 1 is 1.55 bits per heavy atom. The zero-order valence-corrected chi connectivity index (χ0v) is 12.6. The predicted molar refractivity (Wildman–Crippen MR) is 80.9 cm³/mol. The minimum atomic E-state index is -0.100. The lowest BCUT2D eigenvalue weighted by atomic mass is 10.3. The third kappa shape index (κ3) is 4.17. The van der Waals surface area contributed by atoms with Gasteiger partial charge in [-0.1, -0.05) is 11.8 Å². The maximum atomic E-state index is 11.9. The quantitative estimate of drug-likeness (QED) is 0.851. The fourth-order valence-corrected chi connectivity index (χ4v) is 2.93. The van der Waals surface area contributed by atoms with Crippen molar-refractivity contribution < 1.29 is 9.90 Å².